The van der Waals surface area contributed by atoms with Crippen molar-refractivity contribution in [3.05, 3.63) is 107 Å². The fourth-order valence-electron chi connectivity index (χ4n) is 6.62. The summed E-state index contributed by atoms with van der Waals surface area (Å²) in [6.07, 6.45) is 32.3. The summed E-state index contributed by atoms with van der Waals surface area (Å²) in [5.74, 6) is 0. The topological polar surface area (TPSA) is 80.9 Å². The Hall–Kier alpha value is -2.50. The molecule has 0 aliphatic heterocycles. The van der Waals surface area contributed by atoms with Crippen LogP contribution in [-0.4, -0.2) is 42.8 Å². The summed E-state index contributed by atoms with van der Waals surface area (Å²) in [5, 5.41) is 44.6. The molecule has 0 saturated heterocycles. The van der Waals surface area contributed by atoms with Gasteiger partial charge in [0.05, 0.1) is 11.2 Å². The van der Waals surface area contributed by atoms with E-state index >= 15 is 0 Å². The second-order valence-corrected chi connectivity index (χ2v) is 15.0. The molecule has 0 spiro atoms. The SMILES string of the molecule is CC(C=CC=C(C)C=CC1(O)C(C)(C)CCCC1(C)O)=CC=CC=C(C)C=CC=C(C)C=CC1(O)C(C)(C)CCCC1(C)O. The summed E-state index contributed by atoms with van der Waals surface area (Å²) in [4.78, 5) is 0. The highest BCUT2D eigenvalue weighted by Crippen LogP contribution is 2.51. The molecule has 4 atom stereocenters. The third-order valence-corrected chi connectivity index (χ3v) is 10.1. The average Bonchev–Trinajstić information content (AvgIpc) is 2.90. The van der Waals surface area contributed by atoms with Gasteiger partial charge >= 0.3 is 0 Å². The summed E-state index contributed by atoms with van der Waals surface area (Å²) < 4.78 is 0. The lowest BCUT2D eigenvalue weighted by Crippen LogP contribution is -2.62. The number of hydrogen-bond donors (Lipinski definition) is 4. The molecule has 4 heteroatoms. The number of aliphatic hydroxyl groups is 4. The van der Waals surface area contributed by atoms with Gasteiger partial charge in [-0.2, -0.15) is 0 Å². The van der Waals surface area contributed by atoms with Gasteiger partial charge in [-0.15, -0.1) is 0 Å². The molecule has 2 aliphatic carbocycles. The van der Waals surface area contributed by atoms with Crippen LogP contribution in [0.3, 0.4) is 0 Å². The minimum absolute atomic E-state index is 0.400. The van der Waals surface area contributed by atoms with Crippen molar-refractivity contribution in [2.24, 2.45) is 10.8 Å². The summed E-state index contributed by atoms with van der Waals surface area (Å²) in [6.45, 7) is 19.6. The molecule has 2 saturated carbocycles. The summed E-state index contributed by atoms with van der Waals surface area (Å²) >= 11 is 0. The molecule has 244 valence electrons. The lowest BCUT2D eigenvalue weighted by Gasteiger charge is -2.53. The van der Waals surface area contributed by atoms with E-state index in [0.717, 1.165) is 48.0 Å². The van der Waals surface area contributed by atoms with Crippen LogP contribution in [0.5, 0.6) is 0 Å². The first-order valence-corrected chi connectivity index (χ1v) is 16.2. The van der Waals surface area contributed by atoms with E-state index < -0.39 is 33.2 Å². The lowest BCUT2D eigenvalue weighted by molar-refractivity contribution is -0.194. The lowest BCUT2D eigenvalue weighted by atomic mass is 9.58. The first-order valence-electron chi connectivity index (χ1n) is 16.2. The van der Waals surface area contributed by atoms with Crippen LogP contribution in [0.4, 0.5) is 0 Å². The first-order chi connectivity index (χ1) is 20.2. The van der Waals surface area contributed by atoms with Gasteiger partial charge in [-0.1, -0.05) is 123 Å². The molecule has 4 N–H and O–H groups in total. The molecule has 0 amide bonds. The van der Waals surface area contributed by atoms with Crippen molar-refractivity contribution < 1.29 is 20.4 Å². The minimum atomic E-state index is -1.27. The smallest absolute Gasteiger partial charge is 0.116 e. The van der Waals surface area contributed by atoms with Crippen molar-refractivity contribution >= 4 is 0 Å². The molecule has 0 aromatic heterocycles. The van der Waals surface area contributed by atoms with Gasteiger partial charge in [0.25, 0.3) is 0 Å². The van der Waals surface area contributed by atoms with Crippen LogP contribution in [0.2, 0.25) is 0 Å². The van der Waals surface area contributed by atoms with Crippen LogP contribution < -0.4 is 0 Å². The third-order valence-electron chi connectivity index (χ3n) is 10.1. The molecule has 4 nitrogen and oxygen atoms in total. The maximum atomic E-state index is 11.4. The largest absolute Gasteiger partial charge is 0.387 e. The highest BCUT2D eigenvalue weighted by molar-refractivity contribution is 5.33. The Morgan fingerprint density at radius 3 is 1.05 bits per heavy atom. The van der Waals surface area contributed by atoms with Gasteiger partial charge < -0.3 is 20.4 Å². The van der Waals surface area contributed by atoms with Crippen molar-refractivity contribution in [3.63, 3.8) is 0 Å². The molecule has 2 aliphatic rings. The minimum Gasteiger partial charge on any atom is -0.387 e. The second-order valence-electron chi connectivity index (χ2n) is 15.0. The zero-order chi connectivity index (χ0) is 33.5. The van der Waals surface area contributed by atoms with E-state index in [1.165, 1.54) is 0 Å². The highest BCUT2D eigenvalue weighted by Gasteiger charge is 2.57. The van der Waals surface area contributed by atoms with Gasteiger partial charge in [-0.3, -0.25) is 0 Å². The molecule has 2 rings (SSSR count). The fraction of sp³-hybridized carbons (Fsp3) is 0.550. The molecule has 0 aromatic rings. The number of hydrogen-bond acceptors (Lipinski definition) is 4. The monoisotopic (exact) mass is 604 g/mol. The molecule has 0 bridgehead atoms. The van der Waals surface area contributed by atoms with Crippen LogP contribution in [0, 0.1) is 10.8 Å². The molecule has 0 heterocycles. The predicted octanol–water partition coefficient (Wildman–Crippen LogP) is 8.94. The molecule has 4 unspecified atom stereocenters. The van der Waals surface area contributed by atoms with E-state index in [2.05, 4.69) is 12.2 Å². The Bertz CT molecular complexity index is 1140. The predicted molar refractivity (Wildman–Crippen MR) is 187 cm³/mol. The first kappa shape index (κ1) is 37.7. The third kappa shape index (κ3) is 9.03. The average molecular weight is 605 g/mol. The Labute approximate surface area is 268 Å². The Kier molecular flexibility index (Phi) is 12.6. The molecular formula is C40H60O4. The standard InChI is InChI=1S/C40H60O4/c1-31(19-13-21-33(3)23-29-39(43)35(5,6)25-15-27-37(39,9)41)17-11-12-18-32(2)20-14-22-34(4)24-30-40(44)36(7,8)26-16-28-38(40,10)42/h11-14,17-24,29-30,41-44H,15-16,25-28H2,1-10H3. The van der Waals surface area contributed by atoms with Crippen LogP contribution in [-0.2, 0) is 0 Å². The van der Waals surface area contributed by atoms with Crippen LogP contribution in [0.25, 0.3) is 0 Å². The van der Waals surface area contributed by atoms with Crippen molar-refractivity contribution in [2.45, 2.75) is 130 Å². The van der Waals surface area contributed by atoms with Gasteiger partial charge in [0, 0.05) is 0 Å². The van der Waals surface area contributed by atoms with Crippen LogP contribution >= 0.6 is 0 Å². The molecular weight excluding hydrogens is 544 g/mol. The normalized spacial score (nSPS) is 34.4. The van der Waals surface area contributed by atoms with Gasteiger partial charge in [0.15, 0.2) is 0 Å². The molecule has 44 heavy (non-hydrogen) atoms. The van der Waals surface area contributed by atoms with Crippen LogP contribution in [0.15, 0.2) is 107 Å². The van der Waals surface area contributed by atoms with E-state index in [9.17, 15) is 20.4 Å². The maximum absolute atomic E-state index is 11.4. The number of rotatable bonds is 10. The zero-order valence-corrected chi connectivity index (χ0v) is 29.1. The summed E-state index contributed by atoms with van der Waals surface area (Å²) in [5.41, 5.74) is -1.43. The van der Waals surface area contributed by atoms with Gasteiger partial charge in [-0.25, -0.2) is 0 Å². The Morgan fingerprint density at radius 1 is 0.432 bits per heavy atom. The Morgan fingerprint density at radius 2 is 0.727 bits per heavy atom. The van der Waals surface area contributed by atoms with Gasteiger partial charge in [0.2, 0.25) is 0 Å². The van der Waals surface area contributed by atoms with Gasteiger partial charge in [0.1, 0.15) is 11.2 Å². The van der Waals surface area contributed by atoms with Crippen LogP contribution in [0.1, 0.15) is 108 Å². The second kappa shape index (κ2) is 14.7. The van der Waals surface area contributed by atoms with Crippen molar-refractivity contribution in [2.75, 3.05) is 0 Å². The zero-order valence-electron chi connectivity index (χ0n) is 29.1. The quantitative estimate of drug-likeness (QED) is 0.188. The van der Waals surface area contributed by atoms with Gasteiger partial charge in [-0.05, 0) is 103 Å². The summed E-state index contributed by atoms with van der Waals surface area (Å²) in [7, 11) is 0. The van der Waals surface area contributed by atoms with E-state index in [4.69, 9.17) is 0 Å². The van der Waals surface area contributed by atoms with E-state index in [0.29, 0.717) is 12.8 Å². The fourth-order valence-corrected chi connectivity index (χ4v) is 6.62. The van der Waals surface area contributed by atoms with E-state index in [1.807, 2.05) is 116 Å². The Balaban J connectivity index is 1.96. The number of allylic oxidation sites excluding steroid dienone is 16. The molecule has 2 fully saturated rings. The maximum Gasteiger partial charge on any atom is 0.116 e. The molecule has 0 aromatic carbocycles. The molecule has 0 radical (unpaired) electrons. The van der Waals surface area contributed by atoms with E-state index in [1.54, 1.807) is 26.0 Å². The van der Waals surface area contributed by atoms with E-state index in [-0.39, 0.29) is 0 Å². The van der Waals surface area contributed by atoms with Crippen molar-refractivity contribution in [1.82, 2.24) is 0 Å². The van der Waals surface area contributed by atoms with Crippen molar-refractivity contribution in [3.8, 4) is 0 Å². The highest BCUT2D eigenvalue weighted by atomic mass is 16.4. The van der Waals surface area contributed by atoms with Crippen molar-refractivity contribution in [1.29, 1.82) is 0 Å². The summed E-state index contributed by atoms with van der Waals surface area (Å²) in [6, 6.07) is 0.